The van der Waals surface area contributed by atoms with E-state index in [0.29, 0.717) is 6.42 Å². The molecule has 2 N–H and O–H groups in total. The highest BCUT2D eigenvalue weighted by atomic mass is 19.1. The summed E-state index contributed by atoms with van der Waals surface area (Å²) in [7, 11) is 1.68. The molecule has 1 aliphatic heterocycles. The number of nitrogens with zero attached hydrogens (tertiary/aromatic N) is 2. The summed E-state index contributed by atoms with van der Waals surface area (Å²) in [5, 5.41) is 0. The molecule has 6 nitrogen and oxygen atoms in total. The van der Waals surface area contributed by atoms with Gasteiger partial charge in [0.25, 0.3) is 0 Å². The Kier molecular flexibility index (Phi) is 6.71. The number of nitrogens with two attached hydrogens (primary N) is 1. The van der Waals surface area contributed by atoms with Gasteiger partial charge in [0, 0.05) is 39.1 Å². The number of hydrogen-bond donors (Lipinski definition) is 1. The summed E-state index contributed by atoms with van der Waals surface area (Å²) >= 11 is 0. The van der Waals surface area contributed by atoms with Crippen molar-refractivity contribution in [3.05, 3.63) is 59.9 Å². The van der Waals surface area contributed by atoms with Crippen LogP contribution in [0.2, 0.25) is 0 Å². The Morgan fingerprint density at radius 3 is 2.43 bits per heavy atom. The Labute approximate surface area is 164 Å². The molecule has 0 spiro atoms. The van der Waals surface area contributed by atoms with Crippen LogP contribution in [0.1, 0.15) is 18.1 Å². The van der Waals surface area contributed by atoms with E-state index >= 15 is 0 Å². The van der Waals surface area contributed by atoms with Gasteiger partial charge in [0.1, 0.15) is 17.7 Å². The van der Waals surface area contributed by atoms with E-state index in [-0.39, 0.29) is 5.82 Å². The van der Waals surface area contributed by atoms with E-state index < -0.39 is 12.2 Å². The third-order valence-electron chi connectivity index (χ3n) is 5.01. The zero-order valence-electron chi connectivity index (χ0n) is 16.0. The normalized spacial score (nSPS) is 15.9. The number of ether oxygens (including phenoxy) is 2. The maximum absolute atomic E-state index is 13.2. The first-order valence-electron chi connectivity index (χ1n) is 9.38. The van der Waals surface area contributed by atoms with Gasteiger partial charge in [-0.15, -0.1) is 0 Å². The minimum atomic E-state index is -0.824. The molecule has 3 rings (SSSR count). The van der Waals surface area contributed by atoms with E-state index in [2.05, 4.69) is 15.9 Å². The smallest absolute Gasteiger partial charge is 0.405 e. The monoisotopic (exact) mass is 387 g/mol. The molecule has 1 saturated heterocycles. The van der Waals surface area contributed by atoms with E-state index in [1.54, 1.807) is 19.2 Å². The standard InChI is InChI=1S/C21H26FN3O3/c1-27-20-5-3-2-4-18(20)25-14-12-24(13-15-25)11-10-19(28-21(23)26)16-6-8-17(22)9-7-16/h2-9,19H,10-15H2,1H3,(H2,23,26). The fourth-order valence-electron chi connectivity index (χ4n) is 3.51. The number of para-hydroxylation sites is 2. The average molecular weight is 387 g/mol. The van der Waals surface area contributed by atoms with Gasteiger partial charge in [-0.25, -0.2) is 9.18 Å². The number of benzene rings is 2. The maximum Gasteiger partial charge on any atom is 0.405 e. The largest absolute Gasteiger partial charge is 0.495 e. The van der Waals surface area contributed by atoms with Crippen molar-refractivity contribution in [3.8, 4) is 5.75 Å². The first-order valence-corrected chi connectivity index (χ1v) is 9.38. The van der Waals surface area contributed by atoms with Crippen LogP contribution < -0.4 is 15.4 Å². The van der Waals surface area contributed by atoms with Crippen LogP contribution in [-0.2, 0) is 4.74 Å². The van der Waals surface area contributed by atoms with Crippen LogP contribution in [0.5, 0.6) is 5.75 Å². The molecular formula is C21H26FN3O3. The summed E-state index contributed by atoms with van der Waals surface area (Å²) < 4.78 is 23.9. The van der Waals surface area contributed by atoms with Gasteiger partial charge in [0.05, 0.1) is 12.8 Å². The molecule has 0 aromatic heterocycles. The SMILES string of the molecule is COc1ccccc1N1CCN(CCC(OC(N)=O)c2ccc(F)cc2)CC1. The molecule has 1 aliphatic rings. The second-order valence-electron chi connectivity index (χ2n) is 6.77. The van der Waals surface area contributed by atoms with Crippen LogP contribution in [0.15, 0.2) is 48.5 Å². The summed E-state index contributed by atoms with van der Waals surface area (Å²) in [4.78, 5) is 15.9. The van der Waals surface area contributed by atoms with Crippen LogP contribution >= 0.6 is 0 Å². The van der Waals surface area contributed by atoms with Gasteiger partial charge >= 0.3 is 6.09 Å². The Bertz CT molecular complexity index is 777. The van der Waals surface area contributed by atoms with Crippen molar-refractivity contribution in [3.63, 3.8) is 0 Å². The second kappa shape index (κ2) is 9.41. The number of halogens is 1. The van der Waals surface area contributed by atoms with Crippen LogP contribution in [-0.4, -0.2) is 50.8 Å². The highest BCUT2D eigenvalue weighted by molar-refractivity contribution is 5.65. The van der Waals surface area contributed by atoms with Crippen LogP contribution in [0, 0.1) is 5.82 Å². The number of primary amides is 1. The molecule has 2 aromatic rings. The van der Waals surface area contributed by atoms with Gasteiger partial charge in [-0.3, -0.25) is 4.90 Å². The molecule has 0 saturated carbocycles. The van der Waals surface area contributed by atoms with E-state index in [0.717, 1.165) is 49.7 Å². The fourth-order valence-corrected chi connectivity index (χ4v) is 3.51. The van der Waals surface area contributed by atoms with Crippen LogP contribution in [0.25, 0.3) is 0 Å². The predicted molar refractivity (Wildman–Crippen MR) is 106 cm³/mol. The van der Waals surface area contributed by atoms with Crippen molar-refractivity contribution < 1.29 is 18.7 Å². The summed E-state index contributed by atoms with van der Waals surface area (Å²) in [6.07, 6.45) is -0.705. The molecule has 0 bridgehead atoms. The topological polar surface area (TPSA) is 68.0 Å². The lowest BCUT2D eigenvalue weighted by Gasteiger charge is -2.37. The maximum atomic E-state index is 13.2. The number of carbonyl (C=O) groups excluding carboxylic acids is 1. The van der Waals surface area contributed by atoms with Crippen molar-refractivity contribution in [1.82, 2.24) is 4.90 Å². The molecule has 1 heterocycles. The van der Waals surface area contributed by atoms with E-state index in [1.165, 1.54) is 12.1 Å². The van der Waals surface area contributed by atoms with E-state index in [1.807, 2.05) is 18.2 Å². The van der Waals surface area contributed by atoms with Gasteiger partial charge in [0.2, 0.25) is 0 Å². The quantitative estimate of drug-likeness (QED) is 0.790. The fraction of sp³-hybridized carbons (Fsp3) is 0.381. The Balaban J connectivity index is 1.55. The highest BCUT2D eigenvalue weighted by Gasteiger charge is 2.22. The van der Waals surface area contributed by atoms with Crippen molar-refractivity contribution in [1.29, 1.82) is 0 Å². The number of anilines is 1. The minimum absolute atomic E-state index is 0.325. The molecule has 1 amide bonds. The number of rotatable bonds is 7. The predicted octanol–water partition coefficient (Wildman–Crippen LogP) is 3.18. The number of carbonyl (C=O) groups is 1. The molecule has 1 unspecified atom stereocenters. The van der Waals surface area contributed by atoms with E-state index in [4.69, 9.17) is 15.2 Å². The molecule has 150 valence electrons. The first kappa shape index (κ1) is 19.9. The van der Waals surface area contributed by atoms with Gasteiger partial charge in [-0.2, -0.15) is 0 Å². The summed E-state index contributed by atoms with van der Waals surface area (Å²) in [6.45, 7) is 4.32. The Morgan fingerprint density at radius 1 is 1.11 bits per heavy atom. The molecule has 7 heteroatoms. The average Bonchev–Trinajstić information content (AvgIpc) is 2.72. The van der Waals surface area contributed by atoms with Crippen molar-refractivity contribution >= 4 is 11.8 Å². The molecule has 0 aliphatic carbocycles. The molecule has 28 heavy (non-hydrogen) atoms. The number of hydrogen-bond acceptors (Lipinski definition) is 5. The van der Waals surface area contributed by atoms with Crippen LogP contribution in [0.4, 0.5) is 14.9 Å². The third-order valence-corrected chi connectivity index (χ3v) is 5.01. The Hall–Kier alpha value is -2.80. The summed E-state index contributed by atoms with van der Waals surface area (Å²) in [5.41, 5.74) is 7.06. The second-order valence-corrected chi connectivity index (χ2v) is 6.77. The lowest BCUT2D eigenvalue weighted by atomic mass is 10.1. The zero-order valence-corrected chi connectivity index (χ0v) is 16.0. The van der Waals surface area contributed by atoms with Gasteiger partial charge < -0.3 is 20.1 Å². The molecular weight excluding hydrogens is 361 g/mol. The summed E-state index contributed by atoms with van der Waals surface area (Å²) in [6, 6.07) is 14.0. The van der Waals surface area contributed by atoms with Gasteiger partial charge in [-0.05, 0) is 29.8 Å². The number of methoxy groups -OCH3 is 1. The zero-order chi connectivity index (χ0) is 19.9. The van der Waals surface area contributed by atoms with Gasteiger partial charge in [-0.1, -0.05) is 24.3 Å². The van der Waals surface area contributed by atoms with Crippen molar-refractivity contribution in [2.45, 2.75) is 12.5 Å². The van der Waals surface area contributed by atoms with Crippen molar-refractivity contribution in [2.75, 3.05) is 44.7 Å². The molecule has 1 atom stereocenters. The first-order chi connectivity index (χ1) is 13.6. The number of amides is 1. The third kappa shape index (κ3) is 5.13. The minimum Gasteiger partial charge on any atom is -0.495 e. The highest BCUT2D eigenvalue weighted by Crippen LogP contribution is 2.29. The lowest BCUT2D eigenvalue weighted by Crippen LogP contribution is -2.47. The van der Waals surface area contributed by atoms with Crippen molar-refractivity contribution in [2.24, 2.45) is 5.73 Å². The molecule has 2 aromatic carbocycles. The van der Waals surface area contributed by atoms with Gasteiger partial charge in [0.15, 0.2) is 0 Å². The Morgan fingerprint density at radius 2 is 1.79 bits per heavy atom. The summed E-state index contributed by atoms with van der Waals surface area (Å²) in [5.74, 6) is 0.552. The molecule has 1 fully saturated rings. The lowest BCUT2D eigenvalue weighted by molar-refractivity contribution is 0.0910. The van der Waals surface area contributed by atoms with Crippen LogP contribution in [0.3, 0.4) is 0 Å². The van der Waals surface area contributed by atoms with E-state index in [9.17, 15) is 9.18 Å². The number of piperazine rings is 1. The molecule has 0 radical (unpaired) electrons.